The van der Waals surface area contributed by atoms with Crippen molar-refractivity contribution in [2.45, 2.75) is 79.0 Å². The monoisotopic (exact) mass is 294 g/mol. The second-order valence-corrected chi connectivity index (χ2v) is 10.0. The first-order valence-corrected chi connectivity index (χ1v) is 9.80. The van der Waals surface area contributed by atoms with E-state index in [0.29, 0.717) is 5.25 Å². The van der Waals surface area contributed by atoms with Gasteiger partial charge in [-0.15, -0.1) is 0 Å². The summed E-state index contributed by atoms with van der Waals surface area (Å²) >= 11 is 1.85. The van der Waals surface area contributed by atoms with E-state index < -0.39 is 8.80 Å². The van der Waals surface area contributed by atoms with E-state index in [-0.39, 0.29) is 18.3 Å². The molecule has 0 saturated carbocycles. The van der Waals surface area contributed by atoms with Crippen LogP contribution in [-0.4, -0.2) is 37.7 Å². The molecule has 0 aliphatic carbocycles. The van der Waals surface area contributed by atoms with Crippen molar-refractivity contribution in [1.82, 2.24) is 0 Å². The highest BCUT2D eigenvalue weighted by Crippen LogP contribution is 2.24. The Morgan fingerprint density at radius 1 is 0.722 bits per heavy atom. The SMILES string of the molecule is CC(C)O[Si](CSC(C)C)(OC(C)C)OC(C)C. The highest BCUT2D eigenvalue weighted by atomic mass is 32.2. The fourth-order valence-electron chi connectivity index (χ4n) is 1.53. The maximum absolute atomic E-state index is 6.08. The smallest absolute Gasteiger partial charge is 0.370 e. The van der Waals surface area contributed by atoms with E-state index in [2.05, 4.69) is 13.8 Å². The van der Waals surface area contributed by atoms with Gasteiger partial charge in [0.05, 0.1) is 5.38 Å². The van der Waals surface area contributed by atoms with Crippen LogP contribution in [0.3, 0.4) is 0 Å². The van der Waals surface area contributed by atoms with Crippen LogP contribution >= 0.6 is 11.8 Å². The van der Waals surface area contributed by atoms with Crippen molar-refractivity contribution in [2.75, 3.05) is 5.38 Å². The van der Waals surface area contributed by atoms with E-state index in [9.17, 15) is 0 Å². The van der Waals surface area contributed by atoms with Crippen molar-refractivity contribution in [3.8, 4) is 0 Å². The lowest BCUT2D eigenvalue weighted by Gasteiger charge is -2.34. The number of thioether (sulfide) groups is 1. The summed E-state index contributed by atoms with van der Waals surface area (Å²) in [7, 11) is -2.58. The largest absolute Gasteiger partial charge is 0.512 e. The summed E-state index contributed by atoms with van der Waals surface area (Å²) in [5.74, 6) is 0. The summed E-state index contributed by atoms with van der Waals surface area (Å²) in [6.45, 7) is 16.6. The van der Waals surface area contributed by atoms with Crippen LogP contribution in [0.4, 0.5) is 0 Å². The van der Waals surface area contributed by atoms with Crippen LogP contribution in [0.2, 0.25) is 0 Å². The molecule has 0 aromatic carbocycles. The normalized spacial score (nSPS) is 13.3. The first-order chi connectivity index (χ1) is 8.17. The van der Waals surface area contributed by atoms with Crippen LogP contribution in [0, 0.1) is 0 Å². The van der Waals surface area contributed by atoms with Gasteiger partial charge < -0.3 is 13.3 Å². The van der Waals surface area contributed by atoms with E-state index in [4.69, 9.17) is 13.3 Å². The quantitative estimate of drug-likeness (QED) is 0.603. The van der Waals surface area contributed by atoms with Crippen molar-refractivity contribution >= 4 is 20.6 Å². The third-order valence-electron chi connectivity index (χ3n) is 1.84. The molecule has 0 aliphatic heterocycles. The Morgan fingerprint density at radius 2 is 1.06 bits per heavy atom. The summed E-state index contributed by atoms with van der Waals surface area (Å²) in [5.41, 5.74) is 0. The Bertz CT molecular complexity index is 194. The van der Waals surface area contributed by atoms with E-state index in [0.717, 1.165) is 5.38 Å². The Hall–Kier alpha value is 0.447. The zero-order valence-electron chi connectivity index (χ0n) is 13.1. The summed E-state index contributed by atoms with van der Waals surface area (Å²) in [6, 6.07) is 0. The van der Waals surface area contributed by atoms with Crippen molar-refractivity contribution in [2.24, 2.45) is 0 Å². The molecule has 0 atom stereocenters. The highest BCUT2D eigenvalue weighted by molar-refractivity contribution is 8.01. The predicted octanol–water partition coefficient (Wildman–Crippen LogP) is 3.88. The molecule has 0 saturated heterocycles. The minimum atomic E-state index is -2.58. The molecule has 0 fully saturated rings. The first kappa shape index (κ1) is 18.4. The number of hydrogen-bond acceptors (Lipinski definition) is 4. The molecule has 0 rings (SSSR count). The number of rotatable bonds is 9. The van der Waals surface area contributed by atoms with E-state index in [1.807, 2.05) is 53.3 Å². The summed E-state index contributed by atoms with van der Waals surface area (Å²) in [4.78, 5) is 0. The van der Waals surface area contributed by atoms with Crippen LogP contribution in [0.5, 0.6) is 0 Å². The van der Waals surface area contributed by atoms with Crippen LogP contribution < -0.4 is 0 Å². The highest BCUT2D eigenvalue weighted by Gasteiger charge is 2.44. The molecule has 0 N–H and O–H groups in total. The summed E-state index contributed by atoms with van der Waals surface area (Å²) in [6.07, 6.45) is 0.380. The molecule has 0 spiro atoms. The topological polar surface area (TPSA) is 27.7 Å². The molecule has 110 valence electrons. The minimum Gasteiger partial charge on any atom is -0.370 e. The van der Waals surface area contributed by atoms with Gasteiger partial charge in [0.1, 0.15) is 0 Å². The van der Waals surface area contributed by atoms with Crippen LogP contribution in [0.15, 0.2) is 0 Å². The average Bonchev–Trinajstić information content (AvgIpc) is 2.11. The van der Waals surface area contributed by atoms with Crippen molar-refractivity contribution < 1.29 is 13.3 Å². The fraction of sp³-hybridized carbons (Fsp3) is 1.00. The predicted molar refractivity (Wildman–Crippen MR) is 82.0 cm³/mol. The molecule has 0 heterocycles. The molecule has 0 aliphatic rings. The second-order valence-electron chi connectivity index (χ2n) is 5.54. The van der Waals surface area contributed by atoms with Gasteiger partial charge in [0, 0.05) is 18.3 Å². The molecule has 0 unspecified atom stereocenters. The molecule has 0 aromatic rings. The van der Waals surface area contributed by atoms with E-state index >= 15 is 0 Å². The van der Waals surface area contributed by atoms with Gasteiger partial charge >= 0.3 is 8.80 Å². The molecule has 0 aromatic heterocycles. The van der Waals surface area contributed by atoms with E-state index in [1.54, 1.807) is 0 Å². The molecule has 0 bridgehead atoms. The fourth-order valence-corrected chi connectivity index (χ4v) is 6.82. The Labute approximate surface area is 118 Å². The lowest BCUT2D eigenvalue weighted by molar-refractivity contribution is 0.00802. The van der Waals surface area contributed by atoms with Gasteiger partial charge in [0.25, 0.3) is 0 Å². The van der Waals surface area contributed by atoms with Gasteiger partial charge in [0.2, 0.25) is 0 Å². The molecule has 18 heavy (non-hydrogen) atoms. The third kappa shape index (κ3) is 8.53. The lowest BCUT2D eigenvalue weighted by Crippen LogP contribution is -2.53. The average molecular weight is 295 g/mol. The standard InChI is InChI=1S/C13H30O3SSi/c1-10(2)14-18(15-11(3)4,16-12(5)6)9-17-13(7)8/h10-13H,9H2,1-8H3. The molecular weight excluding hydrogens is 264 g/mol. The van der Waals surface area contributed by atoms with Gasteiger partial charge in [-0.1, -0.05) is 13.8 Å². The van der Waals surface area contributed by atoms with Crippen molar-refractivity contribution in [3.05, 3.63) is 0 Å². The van der Waals surface area contributed by atoms with Gasteiger partial charge in [-0.05, 0) is 46.8 Å². The summed E-state index contributed by atoms with van der Waals surface area (Å²) < 4.78 is 18.3. The van der Waals surface area contributed by atoms with Crippen LogP contribution in [-0.2, 0) is 13.3 Å². The van der Waals surface area contributed by atoms with Gasteiger partial charge in [0.15, 0.2) is 0 Å². The van der Waals surface area contributed by atoms with Gasteiger partial charge in [-0.2, -0.15) is 11.8 Å². The molecular formula is C13H30O3SSi. The maximum Gasteiger partial charge on any atom is 0.512 e. The number of hydrogen-bond donors (Lipinski definition) is 0. The summed E-state index contributed by atoms with van der Waals surface area (Å²) in [5, 5.41) is 1.37. The zero-order chi connectivity index (χ0) is 14.3. The third-order valence-corrected chi connectivity index (χ3v) is 7.08. The molecule has 5 heteroatoms. The maximum atomic E-state index is 6.08. The lowest BCUT2D eigenvalue weighted by atomic mass is 10.5. The second kappa shape index (κ2) is 8.58. The Balaban J connectivity index is 4.85. The first-order valence-electron chi connectivity index (χ1n) is 6.82. The van der Waals surface area contributed by atoms with E-state index in [1.165, 1.54) is 0 Å². The molecule has 3 nitrogen and oxygen atoms in total. The van der Waals surface area contributed by atoms with Crippen LogP contribution in [0.1, 0.15) is 55.4 Å². The zero-order valence-corrected chi connectivity index (χ0v) is 15.0. The molecule has 0 amide bonds. The van der Waals surface area contributed by atoms with Crippen LogP contribution in [0.25, 0.3) is 0 Å². The van der Waals surface area contributed by atoms with Gasteiger partial charge in [-0.3, -0.25) is 0 Å². The van der Waals surface area contributed by atoms with Gasteiger partial charge in [-0.25, -0.2) is 0 Å². The molecule has 0 radical (unpaired) electrons. The van der Waals surface area contributed by atoms with Crippen molar-refractivity contribution in [1.29, 1.82) is 0 Å². The Kier molecular flexibility index (Phi) is 8.80. The van der Waals surface area contributed by atoms with Crippen molar-refractivity contribution in [3.63, 3.8) is 0 Å². The Morgan fingerprint density at radius 3 is 1.28 bits per heavy atom. The minimum absolute atomic E-state index is 0.127.